The van der Waals surface area contributed by atoms with Crippen LogP contribution in [0.4, 0.5) is 0 Å². The first-order chi connectivity index (χ1) is 6.81. The number of halogens is 2. The molecule has 0 fully saturated rings. The molecule has 0 bridgehead atoms. The maximum atomic E-state index is 11.3. The van der Waals surface area contributed by atoms with Crippen molar-refractivity contribution in [3.63, 3.8) is 0 Å². The average Bonchev–Trinajstić information content (AvgIpc) is 2.61. The van der Waals surface area contributed by atoms with Gasteiger partial charge in [0.15, 0.2) is 0 Å². The standard InChI is InChI=1S/C7H3I2N2O2S/c8-9-13-7(12)6-11-4-3-10-2-1-5(4)14-6/h1-3H/q-1. The van der Waals surface area contributed by atoms with E-state index in [0.717, 1.165) is 10.2 Å². The van der Waals surface area contributed by atoms with E-state index in [9.17, 15) is 4.79 Å². The molecule has 14 heavy (non-hydrogen) atoms. The molecule has 74 valence electrons. The van der Waals surface area contributed by atoms with Crippen LogP contribution in [0.25, 0.3) is 10.2 Å². The first-order valence-corrected chi connectivity index (χ1v) is 11.5. The number of hydrogen-bond acceptors (Lipinski definition) is 5. The molecule has 0 N–H and O–H groups in total. The SMILES string of the molecule is O=C(O[I-]I)c1nc2cnccc2s1. The molecule has 0 aliphatic rings. The number of hydrogen-bond donors (Lipinski definition) is 0. The van der Waals surface area contributed by atoms with Crippen molar-refractivity contribution in [3.8, 4) is 0 Å². The molecular weight excluding hydrogens is 430 g/mol. The van der Waals surface area contributed by atoms with Gasteiger partial charge in [0.1, 0.15) is 0 Å². The summed E-state index contributed by atoms with van der Waals surface area (Å²) in [6, 6.07) is 1.84. The Balaban J connectivity index is 2.40. The number of nitrogens with zero attached hydrogens (tertiary/aromatic N) is 2. The first-order valence-electron chi connectivity index (χ1n) is 3.49. The normalized spacial score (nSPS) is 10.6. The van der Waals surface area contributed by atoms with Gasteiger partial charge in [0, 0.05) is 0 Å². The Morgan fingerprint density at radius 1 is 1.64 bits per heavy atom. The number of thiazole rings is 1. The molecule has 0 unspecified atom stereocenters. The monoisotopic (exact) mass is 433 g/mol. The van der Waals surface area contributed by atoms with Gasteiger partial charge in [-0.25, -0.2) is 0 Å². The number of carbonyl (C=O) groups excluding carboxylic acids is 1. The van der Waals surface area contributed by atoms with Gasteiger partial charge in [0.25, 0.3) is 0 Å². The zero-order chi connectivity index (χ0) is 9.97. The van der Waals surface area contributed by atoms with Gasteiger partial charge >= 0.3 is 105 Å². The topological polar surface area (TPSA) is 52.1 Å². The van der Waals surface area contributed by atoms with E-state index in [2.05, 4.69) is 28.6 Å². The van der Waals surface area contributed by atoms with E-state index in [1.807, 2.05) is 6.07 Å². The Labute approximate surface area is 104 Å². The summed E-state index contributed by atoms with van der Waals surface area (Å²) in [6.45, 7) is 0. The molecule has 0 amide bonds. The van der Waals surface area contributed by atoms with Crippen LogP contribution >= 0.6 is 30.0 Å². The predicted octanol–water partition coefficient (Wildman–Crippen LogP) is -0.798. The fourth-order valence-corrected chi connectivity index (χ4v) is 3.26. The summed E-state index contributed by atoms with van der Waals surface area (Å²) < 4.78 is 5.90. The number of aromatic nitrogens is 2. The van der Waals surface area contributed by atoms with Gasteiger partial charge in [-0.2, -0.15) is 0 Å². The molecule has 0 saturated carbocycles. The first kappa shape index (κ1) is 10.5. The summed E-state index contributed by atoms with van der Waals surface area (Å²) in [6.07, 6.45) is 3.32. The number of pyridine rings is 1. The van der Waals surface area contributed by atoms with Crippen molar-refractivity contribution in [2.75, 3.05) is 0 Å². The molecule has 7 heteroatoms. The van der Waals surface area contributed by atoms with Crippen molar-refractivity contribution in [1.29, 1.82) is 0 Å². The third-order valence-corrected chi connectivity index (χ3v) is 4.16. The third-order valence-electron chi connectivity index (χ3n) is 1.46. The number of carbonyl (C=O) groups is 1. The van der Waals surface area contributed by atoms with Crippen molar-refractivity contribution in [1.82, 2.24) is 9.97 Å². The van der Waals surface area contributed by atoms with Crippen LogP contribution in [-0.2, 0) is 3.07 Å². The summed E-state index contributed by atoms with van der Waals surface area (Å²) in [5, 5.41) is 0.407. The van der Waals surface area contributed by atoms with Gasteiger partial charge in [-0.15, -0.1) is 0 Å². The Morgan fingerprint density at radius 2 is 2.50 bits per heavy atom. The second kappa shape index (κ2) is 4.66. The maximum absolute atomic E-state index is 11.3. The van der Waals surface area contributed by atoms with Gasteiger partial charge in [0.05, 0.1) is 0 Å². The van der Waals surface area contributed by atoms with Crippen LogP contribution in [0.1, 0.15) is 9.80 Å². The van der Waals surface area contributed by atoms with E-state index in [1.54, 1.807) is 12.4 Å². The molecule has 4 nitrogen and oxygen atoms in total. The molecule has 0 atom stereocenters. The minimum atomic E-state index is -0.517. The van der Waals surface area contributed by atoms with Crippen LogP contribution in [0, 0.1) is 0 Å². The molecule has 2 heterocycles. The summed E-state index contributed by atoms with van der Waals surface area (Å²) in [4.78, 5) is 19.4. The van der Waals surface area contributed by atoms with E-state index < -0.39 is 17.6 Å². The quantitative estimate of drug-likeness (QED) is 0.583. The van der Waals surface area contributed by atoms with Crippen molar-refractivity contribution in [2.45, 2.75) is 0 Å². The van der Waals surface area contributed by atoms with Crippen LogP contribution in [0.2, 0.25) is 0 Å². The molecule has 2 aromatic rings. The molecule has 0 aliphatic heterocycles. The van der Waals surface area contributed by atoms with Crippen molar-refractivity contribution in [3.05, 3.63) is 23.5 Å². The summed E-state index contributed by atoms with van der Waals surface area (Å²) in [5.74, 6) is -0.326. The van der Waals surface area contributed by atoms with Crippen molar-refractivity contribution >= 4 is 46.1 Å². The zero-order valence-electron chi connectivity index (χ0n) is 6.61. The van der Waals surface area contributed by atoms with Crippen LogP contribution in [0.5, 0.6) is 0 Å². The van der Waals surface area contributed by atoms with E-state index in [-0.39, 0.29) is 5.97 Å². The van der Waals surface area contributed by atoms with Gasteiger partial charge in [-0.1, -0.05) is 0 Å². The van der Waals surface area contributed by atoms with Gasteiger partial charge < -0.3 is 0 Å². The van der Waals surface area contributed by atoms with Crippen LogP contribution in [-0.4, -0.2) is 15.9 Å². The molecule has 0 saturated heterocycles. The summed E-state index contributed by atoms with van der Waals surface area (Å²) in [7, 11) is 0. The number of fused-ring (bicyclic) bond motifs is 1. The summed E-state index contributed by atoms with van der Waals surface area (Å²) >= 11 is 2.90. The van der Waals surface area contributed by atoms with Crippen LogP contribution in [0.15, 0.2) is 18.5 Å². The Morgan fingerprint density at radius 3 is 3.21 bits per heavy atom. The Hall–Kier alpha value is -0.0300. The van der Waals surface area contributed by atoms with Gasteiger partial charge in [-0.3, -0.25) is 0 Å². The van der Waals surface area contributed by atoms with Gasteiger partial charge in [-0.05, 0) is 0 Å². The Bertz CT molecular complexity index is 440. The molecule has 2 aromatic heterocycles. The van der Waals surface area contributed by atoms with Crippen LogP contribution in [0.3, 0.4) is 0 Å². The Kier molecular flexibility index (Phi) is 3.49. The molecule has 0 radical (unpaired) electrons. The zero-order valence-corrected chi connectivity index (χ0v) is 11.7. The second-order valence-electron chi connectivity index (χ2n) is 2.29. The third kappa shape index (κ3) is 2.14. The molecule has 0 aliphatic carbocycles. The minimum absolute atomic E-state index is 0.326. The average molecular weight is 433 g/mol. The predicted molar refractivity (Wildman–Crippen MR) is 56.9 cm³/mol. The van der Waals surface area contributed by atoms with E-state index >= 15 is 0 Å². The fraction of sp³-hybridized carbons (Fsp3) is 0. The van der Waals surface area contributed by atoms with Crippen LogP contribution < -0.4 is 17.6 Å². The van der Waals surface area contributed by atoms with E-state index in [4.69, 9.17) is 3.07 Å². The van der Waals surface area contributed by atoms with Crippen molar-refractivity contribution < 1.29 is 25.5 Å². The number of rotatable bonds is 2. The van der Waals surface area contributed by atoms with Gasteiger partial charge in [0.2, 0.25) is 0 Å². The molecule has 0 aromatic carbocycles. The fourth-order valence-electron chi connectivity index (χ4n) is 0.927. The molecular formula is C7H3I2N2O2S-. The second-order valence-corrected chi connectivity index (χ2v) is 6.32. The molecule has 2 rings (SSSR count). The molecule has 0 spiro atoms. The van der Waals surface area contributed by atoms with E-state index in [0.29, 0.717) is 5.01 Å². The van der Waals surface area contributed by atoms with E-state index in [1.165, 1.54) is 11.3 Å². The van der Waals surface area contributed by atoms with Crippen molar-refractivity contribution in [2.24, 2.45) is 0 Å². The summed E-state index contributed by atoms with van der Waals surface area (Å²) in [5.41, 5.74) is 0.746.